The van der Waals surface area contributed by atoms with Gasteiger partial charge in [0.15, 0.2) is 0 Å². The Kier molecular flexibility index (Phi) is 4.93. The molecule has 2 amide bonds. The highest BCUT2D eigenvalue weighted by Gasteiger charge is 2.27. The monoisotopic (exact) mass is 242 g/mol. The van der Waals surface area contributed by atoms with Crippen LogP contribution in [-0.2, 0) is 19.1 Å². The minimum atomic E-state index is -0.778. The van der Waals surface area contributed by atoms with Crippen molar-refractivity contribution < 1.29 is 19.1 Å². The summed E-state index contributed by atoms with van der Waals surface area (Å²) in [5, 5.41) is 2.49. The average molecular weight is 242 g/mol. The van der Waals surface area contributed by atoms with Crippen molar-refractivity contribution in [2.24, 2.45) is 0 Å². The Bertz CT molecular complexity index is 317. The van der Waals surface area contributed by atoms with Crippen molar-refractivity contribution in [2.75, 3.05) is 20.2 Å². The van der Waals surface area contributed by atoms with Crippen molar-refractivity contribution in [2.45, 2.75) is 32.2 Å². The van der Waals surface area contributed by atoms with Gasteiger partial charge in [-0.1, -0.05) is 0 Å². The molecule has 1 atom stereocenters. The second kappa shape index (κ2) is 6.22. The molecule has 1 saturated heterocycles. The standard InChI is InChI=1S/C11H18N2O4/c1-8(14)12-9(11(16)17-2)7-13-6-4-3-5-10(13)15/h9H,3-7H2,1-2H3,(H,12,14). The van der Waals surface area contributed by atoms with Gasteiger partial charge in [-0.3, -0.25) is 9.59 Å². The van der Waals surface area contributed by atoms with Gasteiger partial charge in [-0.2, -0.15) is 0 Å². The lowest BCUT2D eigenvalue weighted by Crippen LogP contribution is -2.50. The molecule has 1 heterocycles. The highest BCUT2D eigenvalue weighted by Crippen LogP contribution is 2.11. The van der Waals surface area contributed by atoms with Gasteiger partial charge in [0.05, 0.1) is 13.7 Å². The summed E-state index contributed by atoms with van der Waals surface area (Å²) < 4.78 is 4.60. The van der Waals surface area contributed by atoms with E-state index in [0.717, 1.165) is 12.8 Å². The van der Waals surface area contributed by atoms with E-state index < -0.39 is 12.0 Å². The van der Waals surface area contributed by atoms with Crippen LogP contribution in [0.3, 0.4) is 0 Å². The lowest BCUT2D eigenvalue weighted by Gasteiger charge is -2.29. The van der Waals surface area contributed by atoms with E-state index in [1.807, 2.05) is 0 Å². The largest absolute Gasteiger partial charge is 0.467 e. The smallest absolute Gasteiger partial charge is 0.330 e. The number of nitrogens with zero attached hydrogens (tertiary/aromatic N) is 1. The number of piperidine rings is 1. The van der Waals surface area contributed by atoms with E-state index in [9.17, 15) is 14.4 Å². The molecule has 1 aliphatic rings. The predicted molar refractivity (Wildman–Crippen MR) is 60.1 cm³/mol. The second-order valence-electron chi connectivity index (χ2n) is 4.07. The Morgan fingerprint density at radius 2 is 2.18 bits per heavy atom. The van der Waals surface area contributed by atoms with Crippen LogP contribution in [0.4, 0.5) is 0 Å². The zero-order valence-corrected chi connectivity index (χ0v) is 10.2. The molecule has 1 rings (SSSR count). The maximum Gasteiger partial charge on any atom is 0.330 e. The zero-order valence-electron chi connectivity index (χ0n) is 10.2. The fourth-order valence-electron chi connectivity index (χ4n) is 1.84. The molecule has 0 aromatic rings. The van der Waals surface area contributed by atoms with E-state index in [2.05, 4.69) is 10.1 Å². The van der Waals surface area contributed by atoms with Crippen LogP contribution in [0, 0.1) is 0 Å². The summed E-state index contributed by atoms with van der Waals surface area (Å²) in [4.78, 5) is 35.6. The molecule has 0 radical (unpaired) electrons. The number of rotatable bonds is 4. The number of hydrogen-bond acceptors (Lipinski definition) is 4. The molecule has 0 saturated carbocycles. The van der Waals surface area contributed by atoms with Gasteiger partial charge in [0.25, 0.3) is 0 Å². The minimum Gasteiger partial charge on any atom is -0.467 e. The number of amides is 2. The van der Waals surface area contributed by atoms with E-state index in [-0.39, 0.29) is 18.4 Å². The van der Waals surface area contributed by atoms with Crippen LogP contribution >= 0.6 is 0 Å². The summed E-state index contributed by atoms with van der Waals surface area (Å²) in [6.45, 7) is 2.14. The van der Waals surface area contributed by atoms with E-state index in [0.29, 0.717) is 13.0 Å². The van der Waals surface area contributed by atoms with Gasteiger partial charge in [0.1, 0.15) is 6.04 Å². The van der Waals surface area contributed by atoms with Crippen LogP contribution < -0.4 is 5.32 Å². The van der Waals surface area contributed by atoms with Crippen molar-refractivity contribution in [1.29, 1.82) is 0 Å². The Balaban J connectivity index is 2.60. The van der Waals surface area contributed by atoms with E-state index in [1.54, 1.807) is 4.90 Å². The van der Waals surface area contributed by atoms with Crippen LogP contribution in [0.5, 0.6) is 0 Å². The van der Waals surface area contributed by atoms with E-state index in [1.165, 1.54) is 14.0 Å². The average Bonchev–Trinajstić information content (AvgIpc) is 2.29. The fraction of sp³-hybridized carbons (Fsp3) is 0.727. The van der Waals surface area contributed by atoms with E-state index in [4.69, 9.17) is 0 Å². The van der Waals surface area contributed by atoms with Crippen molar-refractivity contribution in [3.05, 3.63) is 0 Å². The van der Waals surface area contributed by atoms with Gasteiger partial charge >= 0.3 is 5.97 Å². The lowest BCUT2D eigenvalue weighted by atomic mass is 10.1. The number of carbonyl (C=O) groups excluding carboxylic acids is 3. The number of nitrogens with one attached hydrogen (secondary N) is 1. The third-order valence-electron chi connectivity index (χ3n) is 2.69. The van der Waals surface area contributed by atoms with Crippen molar-refractivity contribution in [3.8, 4) is 0 Å². The van der Waals surface area contributed by atoms with Crippen LogP contribution in [0.1, 0.15) is 26.2 Å². The molecule has 1 aliphatic heterocycles. The fourth-order valence-corrected chi connectivity index (χ4v) is 1.84. The molecule has 1 N–H and O–H groups in total. The Morgan fingerprint density at radius 3 is 2.71 bits per heavy atom. The normalized spacial score (nSPS) is 17.5. The first-order valence-electron chi connectivity index (χ1n) is 5.67. The molecule has 96 valence electrons. The van der Waals surface area contributed by atoms with Gasteiger partial charge in [-0.15, -0.1) is 0 Å². The molecular weight excluding hydrogens is 224 g/mol. The first kappa shape index (κ1) is 13.5. The first-order valence-corrected chi connectivity index (χ1v) is 5.67. The predicted octanol–water partition coefficient (Wildman–Crippen LogP) is -0.323. The Morgan fingerprint density at radius 1 is 1.47 bits per heavy atom. The summed E-state index contributed by atoms with van der Waals surface area (Å²) in [7, 11) is 1.26. The Hall–Kier alpha value is -1.59. The van der Waals surface area contributed by atoms with Crippen LogP contribution in [-0.4, -0.2) is 48.9 Å². The van der Waals surface area contributed by atoms with E-state index >= 15 is 0 Å². The lowest BCUT2D eigenvalue weighted by molar-refractivity contribution is -0.146. The number of likely N-dealkylation sites (tertiary alicyclic amines) is 1. The number of carbonyl (C=O) groups is 3. The summed E-state index contributed by atoms with van der Waals surface area (Å²) in [5.41, 5.74) is 0. The molecule has 0 spiro atoms. The number of methoxy groups -OCH3 is 1. The topological polar surface area (TPSA) is 75.7 Å². The molecule has 0 bridgehead atoms. The molecule has 0 aromatic heterocycles. The van der Waals surface area contributed by atoms with Gasteiger partial charge < -0.3 is 15.0 Å². The van der Waals surface area contributed by atoms with Crippen LogP contribution in [0.25, 0.3) is 0 Å². The van der Waals surface area contributed by atoms with Crippen LogP contribution in [0.2, 0.25) is 0 Å². The SMILES string of the molecule is COC(=O)C(CN1CCCCC1=O)NC(C)=O. The van der Waals surface area contributed by atoms with Gasteiger partial charge in [0, 0.05) is 19.9 Å². The first-order chi connectivity index (χ1) is 8.04. The van der Waals surface area contributed by atoms with Gasteiger partial charge in [-0.25, -0.2) is 4.79 Å². The van der Waals surface area contributed by atoms with Crippen molar-refractivity contribution >= 4 is 17.8 Å². The molecule has 0 aliphatic carbocycles. The second-order valence-corrected chi connectivity index (χ2v) is 4.07. The number of esters is 1. The molecule has 6 nitrogen and oxygen atoms in total. The molecule has 0 aromatic carbocycles. The van der Waals surface area contributed by atoms with Crippen LogP contribution in [0.15, 0.2) is 0 Å². The summed E-state index contributed by atoms with van der Waals surface area (Å²) in [6, 6.07) is -0.778. The highest BCUT2D eigenvalue weighted by atomic mass is 16.5. The molecular formula is C11H18N2O4. The Labute approximate surface area is 100 Å². The highest BCUT2D eigenvalue weighted by molar-refractivity contribution is 5.84. The van der Waals surface area contributed by atoms with Crippen molar-refractivity contribution in [3.63, 3.8) is 0 Å². The molecule has 1 fully saturated rings. The van der Waals surface area contributed by atoms with Gasteiger partial charge in [-0.05, 0) is 12.8 Å². The molecule has 6 heteroatoms. The third-order valence-corrected chi connectivity index (χ3v) is 2.69. The summed E-state index contributed by atoms with van der Waals surface area (Å²) >= 11 is 0. The van der Waals surface area contributed by atoms with Crippen molar-refractivity contribution in [1.82, 2.24) is 10.2 Å². The number of hydrogen-bond donors (Lipinski definition) is 1. The van der Waals surface area contributed by atoms with Gasteiger partial charge in [0.2, 0.25) is 11.8 Å². The summed E-state index contributed by atoms with van der Waals surface area (Å²) in [5.74, 6) is -0.820. The molecule has 17 heavy (non-hydrogen) atoms. The number of ether oxygens (including phenoxy) is 1. The maximum atomic E-state index is 11.6. The maximum absolute atomic E-state index is 11.6. The summed E-state index contributed by atoms with van der Waals surface area (Å²) in [6.07, 6.45) is 2.33. The third kappa shape index (κ3) is 4.05. The zero-order chi connectivity index (χ0) is 12.8. The molecule has 1 unspecified atom stereocenters. The minimum absolute atomic E-state index is 0.0236. The quantitative estimate of drug-likeness (QED) is 0.685.